The lowest BCUT2D eigenvalue weighted by molar-refractivity contribution is -0.120. The van der Waals surface area contributed by atoms with E-state index in [9.17, 15) is 4.79 Å². The molecule has 19 heavy (non-hydrogen) atoms. The first kappa shape index (κ1) is 15.5. The summed E-state index contributed by atoms with van der Waals surface area (Å²) < 4.78 is 5.37. The van der Waals surface area contributed by atoms with Gasteiger partial charge in [-0.1, -0.05) is 13.8 Å². The molecule has 1 aromatic rings. The largest absolute Gasteiger partial charge is 0.494 e. The maximum atomic E-state index is 12.2. The average Bonchev–Trinajstić information content (AvgIpc) is 2.38. The number of hydrogen-bond acceptors (Lipinski definition) is 3. The Morgan fingerprint density at radius 1 is 1.26 bits per heavy atom. The van der Waals surface area contributed by atoms with Crippen LogP contribution in [0.25, 0.3) is 0 Å². The van der Waals surface area contributed by atoms with Crippen LogP contribution < -0.4 is 15.4 Å². The summed E-state index contributed by atoms with van der Waals surface area (Å²) in [4.78, 5) is 12.2. The molecule has 0 aliphatic carbocycles. The van der Waals surface area contributed by atoms with Gasteiger partial charge in [0.15, 0.2) is 0 Å². The lowest BCUT2D eigenvalue weighted by Gasteiger charge is -2.19. The van der Waals surface area contributed by atoms with Crippen LogP contribution in [0.5, 0.6) is 5.75 Å². The number of ether oxygens (including phenoxy) is 1. The SMILES string of the molecule is CCOc1ccc(NC(=O)C(CNC)C(C)C)cc1. The molecule has 0 fully saturated rings. The lowest BCUT2D eigenvalue weighted by atomic mass is 9.95. The second-order valence-electron chi connectivity index (χ2n) is 4.85. The Hall–Kier alpha value is -1.55. The molecule has 0 bridgehead atoms. The zero-order valence-electron chi connectivity index (χ0n) is 12.2. The molecule has 1 rings (SSSR count). The van der Waals surface area contributed by atoms with Crippen LogP contribution in [-0.4, -0.2) is 26.1 Å². The van der Waals surface area contributed by atoms with Crippen LogP contribution in [0.3, 0.4) is 0 Å². The molecule has 0 saturated carbocycles. The number of hydrogen-bond donors (Lipinski definition) is 2. The summed E-state index contributed by atoms with van der Waals surface area (Å²) in [5.74, 6) is 1.14. The average molecular weight is 264 g/mol. The highest BCUT2D eigenvalue weighted by Crippen LogP contribution is 2.18. The number of rotatable bonds is 7. The number of amides is 1. The van der Waals surface area contributed by atoms with Crippen molar-refractivity contribution in [2.75, 3.05) is 25.5 Å². The minimum Gasteiger partial charge on any atom is -0.494 e. The second kappa shape index (κ2) is 7.79. The maximum Gasteiger partial charge on any atom is 0.229 e. The molecule has 0 aromatic heterocycles. The molecule has 1 aromatic carbocycles. The highest BCUT2D eigenvalue weighted by atomic mass is 16.5. The molecule has 2 N–H and O–H groups in total. The second-order valence-corrected chi connectivity index (χ2v) is 4.85. The van der Waals surface area contributed by atoms with E-state index in [2.05, 4.69) is 24.5 Å². The van der Waals surface area contributed by atoms with Crippen molar-refractivity contribution >= 4 is 11.6 Å². The normalized spacial score (nSPS) is 12.3. The summed E-state index contributed by atoms with van der Waals surface area (Å²) in [6.45, 7) is 7.38. The minimum absolute atomic E-state index is 0.0310. The number of carbonyl (C=O) groups is 1. The van der Waals surface area contributed by atoms with Gasteiger partial charge in [-0.2, -0.15) is 0 Å². The summed E-state index contributed by atoms with van der Waals surface area (Å²) in [6, 6.07) is 7.45. The number of benzene rings is 1. The third-order valence-corrected chi connectivity index (χ3v) is 3.00. The summed E-state index contributed by atoms with van der Waals surface area (Å²) in [6.07, 6.45) is 0. The minimum atomic E-state index is -0.0310. The van der Waals surface area contributed by atoms with E-state index in [4.69, 9.17) is 4.74 Å². The third kappa shape index (κ3) is 4.91. The predicted molar refractivity (Wildman–Crippen MR) is 78.5 cm³/mol. The van der Waals surface area contributed by atoms with E-state index >= 15 is 0 Å². The Kier molecular flexibility index (Phi) is 6.36. The Balaban J connectivity index is 2.64. The van der Waals surface area contributed by atoms with E-state index in [-0.39, 0.29) is 11.8 Å². The van der Waals surface area contributed by atoms with Crippen LogP contribution in [0.4, 0.5) is 5.69 Å². The fourth-order valence-corrected chi connectivity index (χ4v) is 1.89. The van der Waals surface area contributed by atoms with E-state index in [1.165, 1.54) is 0 Å². The van der Waals surface area contributed by atoms with Crippen LogP contribution in [0.2, 0.25) is 0 Å². The van der Waals surface area contributed by atoms with Gasteiger partial charge in [0.1, 0.15) is 5.75 Å². The predicted octanol–water partition coefficient (Wildman–Crippen LogP) is 2.52. The van der Waals surface area contributed by atoms with E-state index in [1.807, 2.05) is 38.2 Å². The van der Waals surface area contributed by atoms with Gasteiger partial charge >= 0.3 is 0 Å². The van der Waals surface area contributed by atoms with Crippen molar-refractivity contribution in [3.05, 3.63) is 24.3 Å². The zero-order valence-corrected chi connectivity index (χ0v) is 12.2. The van der Waals surface area contributed by atoms with Crippen LogP contribution in [0, 0.1) is 11.8 Å². The first-order valence-electron chi connectivity index (χ1n) is 6.76. The van der Waals surface area contributed by atoms with Crippen LogP contribution in [-0.2, 0) is 4.79 Å². The van der Waals surface area contributed by atoms with Gasteiger partial charge in [-0.15, -0.1) is 0 Å². The summed E-state index contributed by atoms with van der Waals surface area (Å²) in [5, 5.41) is 6.00. The fourth-order valence-electron chi connectivity index (χ4n) is 1.89. The smallest absolute Gasteiger partial charge is 0.229 e. The first-order chi connectivity index (χ1) is 9.08. The first-order valence-corrected chi connectivity index (χ1v) is 6.76. The quantitative estimate of drug-likeness (QED) is 0.795. The lowest BCUT2D eigenvalue weighted by Crippen LogP contribution is -2.34. The van der Waals surface area contributed by atoms with Crippen molar-refractivity contribution in [1.29, 1.82) is 0 Å². The molecule has 4 heteroatoms. The molecule has 0 aliphatic heterocycles. The van der Waals surface area contributed by atoms with E-state index in [0.717, 1.165) is 11.4 Å². The summed E-state index contributed by atoms with van der Waals surface area (Å²) >= 11 is 0. The molecule has 0 saturated heterocycles. The van der Waals surface area contributed by atoms with Gasteiger partial charge in [-0.25, -0.2) is 0 Å². The van der Waals surface area contributed by atoms with Crippen molar-refractivity contribution in [3.8, 4) is 5.75 Å². The molecule has 0 aliphatic rings. The van der Waals surface area contributed by atoms with Crippen molar-refractivity contribution in [2.45, 2.75) is 20.8 Å². The van der Waals surface area contributed by atoms with Gasteiger partial charge in [0.25, 0.3) is 0 Å². The van der Waals surface area contributed by atoms with E-state index in [1.54, 1.807) is 0 Å². The molecule has 1 atom stereocenters. The molecular formula is C15H24N2O2. The Bertz CT molecular complexity index is 388. The van der Waals surface area contributed by atoms with Gasteiger partial charge in [0.2, 0.25) is 5.91 Å². The van der Waals surface area contributed by atoms with Gasteiger partial charge < -0.3 is 15.4 Å². The summed E-state index contributed by atoms with van der Waals surface area (Å²) in [7, 11) is 1.86. The molecule has 0 spiro atoms. The van der Waals surface area contributed by atoms with Crippen LogP contribution in [0.15, 0.2) is 24.3 Å². The number of anilines is 1. The van der Waals surface area contributed by atoms with E-state index in [0.29, 0.717) is 19.1 Å². The van der Waals surface area contributed by atoms with Crippen molar-refractivity contribution in [1.82, 2.24) is 5.32 Å². The summed E-state index contributed by atoms with van der Waals surface area (Å²) in [5.41, 5.74) is 0.801. The zero-order chi connectivity index (χ0) is 14.3. The Labute approximate surface area is 115 Å². The third-order valence-electron chi connectivity index (χ3n) is 3.00. The van der Waals surface area contributed by atoms with Crippen molar-refractivity contribution in [3.63, 3.8) is 0 Å². The number of nitrogens with one attached hydrogen (secondary N) is 2. The Morgan fingerprint density at radius 3 is 2.37 bits per heavy atom. The molecule has 1 amide bonds. The van der Waals surface area contributed by atoms with Gasteiger partial charge in [0, 0.05) is 12.2 Å². The maximum absolute atomic E-state index is 12.2. The van der Waals surface area contributed by atoms with Gasteiger partial charge in [0.05, 0.1) is 12.5 Å². The molecule has 106 valence electrons. The van der Waals surface area contributed by atoms with Gasteiger partial charge in [-0.05, 0) is 44.2 Å². The number of carbonyl (C=O) groups excluding carboxylic acids is 1. The van der Waals surface area contributed by atoms with Crippen LogP contribution in [0.1, 0.15) is 20.8 Å². The monoisotopic (exact) mass is 264 g/mol. The standard InChI is InChI=1S/C15H24N2O2/c1-5-19-13-8-6-12(7-9-13)17-15(18)14(10-16-4)11(2)3/h6-9,11,14,16H,5,10H2,1-4H3,(H,17,18). The fraction of sp³-hybridized carbons (Fsp3) is 0.533. The van der Waals surface area contributed by atoms with Crippen molar-refractivity contribution < 1.29 is 9.53 Å². The van der Waals surface area contributed by atoms with Crippen LogP contribution >= 0.6 is 0 Å². The Morgan fingerprint density at radius 2 is 1.89 bits per heavy atom. The molecule has 1 unspecified atom stereocenters. The molecule has 4 nitrogen and oxygen atoms in total. The molecule has 0 heterocycles. The topological polar surface area (TPSA) is 50.4 Å². The van der Waals surface area contributed by atoms with E-state index < -0.39 is 0 Å². The molecule has 0 radical (unpaired) electrons. The highest BCUT2D eigenvalue weighted by Gasteiger charge is 2.21. The highest BCUT2D eigenvalue weighted by molar-refractivity contribution is 5.92. The van der Waals surface area contributed by atoms with Crippen molar-refractivity contribution in [2.24, 2.45) is 11.8 Å². The molecular weight excluding hydrogens is 240 g/mol. The van der Waals surface area contributed by atoms with Gasteiger partial charge in [-0.3, -0.25) is 4.79 Å².